The third-order valence-corrected chi connectivity index (χ3v) is 13.6. The summed E-state index contributed by atoms with van der Waals surface area (Å²) in [5.41, 5.74) is 0.246. The van der Waals surface area contributed by atoms with Crippen LogP contribution < -0.4 is 14.2 Å². The first kappa shape index (κ1) is 53.7. The molecule has 2 amide bonds. The summed E-state index contributed by atoms with van der Waals surface area (Å²) in [7, 11) is 0. The van der Waals surface area contributed by atoms with Crippen LogP contribution in [-0.2, 0) is 19.1 Å². The van der Waals surface area contributed by atoms with Crippen molar-refractivity contribution in [3.8, 4) is 17.2 Å². The molecule has 3 saturated heterocycles. The molecular weight excluding hydrogens is 811 g/mol. The van der Waals surface area contributed by atoms with E-state index in [1.807, 2.05) is 0 Å². The highest BCUT2D eigenvalue weighted by atomic mass is 16.6. The quantitative estimate of drug-likeness (QED) is 0.0371. The largest absolute Gasteiger partial charge is 0.490 e. The lowest BCUT2D eigenvalue weighted by Crippen LogP contribution is -2.47. The summed E-state index contributed by atoms with van der Waals surface area (Å²) in [6, 6.07) is 3.35. The predicted molar refractivity (Wildman–Crippen MR) is 253 cm³/mol. The van der Waals surface area contributed by atoms with E-state index in [1.54, 1.807) is 12.1 Å². The number of unbranched alkanes of at least 4 members (excludes halogenated alkanes) is 27. The van der Waals surface area contributed by atoms with Crippen molar-refractivity contribution < 1.29 is 48.3 Å². The summed E-state index contributed by atoms with van der Waals surface area (Å²) in [5.74, 6) is -1.82. The minimum atomic E-state index is -1.22. The van der Waals surface area contributed by atoms with E-state index in [0.717, 1.165) is 56.3 Å². The summed E-state index contributed by atoms with van der Waals surface area (Å²) in [6.45, 7) is 7.90. The fourth-order valence-electron chi connectivity index (χ4n) is 9.68. The number of rotatable bonds is 40. The van der Waals surface area contributed by atoms with Crippen molar-refractivity contribution in [1.82, 2.24) is 4.90 Å². The highest BCUT2D eigenvalue weighted by Gasteiger charge is 2.68. The molecule has 2 N–H and O–H groups in total. The van der Waals surface area contributed by atoms with E-state index in [9.17, 15) is 24.6 Å². The minimum Gasteiger partial charge on any atom is -0.490 e. The molecule has 3 heterocycles. The number of esters is 1. The average molecular weight is 900 g/mol. The Morgan fingerprint density at radius 3 is 1.19 bits per heavy atom. The summed E-state index contributed by atoms with van der Waals surface area (Å²) in [6.07, 6.45) is 32.3. The summed E-state index contributed by atoms with van der Waals surface area (Å²) in [4.78, 5) is 41.3. The molecule has 0 radical (unpaired) electrons. The fourth-order valence-corrected chi connectivity index (χ4v) is 9.68. The van der Waals surface area contributed by atoms with E-state index in [-0.39, 0.29) is 18.7 Å². The molecule has 6 atom stereocenters. The lowest BCUT2D eigenvalue weighted by Gasteiger charge is -2.25. The third-order valence-electron chi connectivity index (χ3n) is 13.6. The van der Waals surface area contributed by atoms with Gasteiger partial charge in [-0.25, -0.2) is 4.79 Å². The number of amides is 2. The van der Waals surface area contributed by atoms with E-state index in [2.05, 4.69) is 20.8 Å². The molecule has 4 rings (SSSR count). The van der Waals surface area contributed by atoms with E-state index in [1.165, 1.54) is 141 Å². The first-order valence-electron chi connectivity index (χ1n) is 26.4. The van der Waals surface area contributed by atoms with Crippen LogP contribution in [0.15, 0.2) is 12.1 Å². The van der Waals surface area contributed by atoms with Crippen molar-refractivity contribution in [2.75, 3.05) is 33.0 Å². The van der Waals surface area contributed by atoms with Gasteiger partial charge < -0.3 is 33.9 Å². The SMILES string of the molecule is CCCCCCCCCCCCOc1cc(C(=O)OCCN2C(=O)C3C4OC(C(O)C4O)C3C2=O)cc(OCCCCCCCCCCCC)c1OCCCCCCCCCCCC. The predicted octanol–water partition coefficient (Wildman–Crippen LogP) is 11.8. The Hall–Kier alpha value is -2.89. The lowest BCUT2D eigenvalue weighted by atomic mass is 9.78. The molecule has 2 bridgehead atoms. The number of nitrogens with zero attached hydrogens (tertiary/aromatic N) is 1. The van der Waals surface area contributed by atoms with Gasteiger partial charge in [0.2, 0.25) is 17.6 Å². The molecule has 1 aromatic carbocycles. The standard InChI is InChI=1S/C53H89NO10/c1-4-7-10-13-16-19-22-25-28-31-35-60-42-39-41(53(59)63-38-34-54-51(57)44-45(52(54)58)50-47(56)46(55)49(44)64-50)40-43(61-36-32-29-26-23-20-17-14-11-8-5-2)48(42)62-37-33-30-27-24-21-18-15-12-9-6-3/h39-40,44-47,49-50,55-56H,4-38H2,1-3H3. The zero-order chi connectivity index (χ0) is 45.8. The van der Waals surface area contributed by atoms with Gasteiger partial charge in [-0.05, 0) is 31.4 Å². The topological polar surface area (TPSA) is 141 Å². The Labute approximate surface area is 387 Å². The zero-order valence-electron chi connectivity index (χ0n) is 40.5. The minimum absolute atomic E-state index is 0.133. The highest BCUT2D eigenvalue weighted by molar-refractivity contribution is 6.06. The van der Waals surface area contributed by atoms with Gasteiger partial charge >= 0.3 is 5.97 Å². The number of aliphatic hydroxyl groups excluding tert-OH is 2. The van der Waals surface area contributed by atoms with E-state index >= 15 is 0 Å². The highest BCUT2D eigenvalue weighted by Crippen LogP contribution is 2.48. The van der Waals surface area contributed by atoms with Gasteiger partial charge in [-0.2, -0.15) is 0 Å². The number of carbonyl (C=O) groups is 3. The van der Waals surface area contributed by atoms with Gasteiger partial charge in [0, 0.05) is 0 Å². The van der Waals surface area contributed by atoms with Crippen LogP contribution in [0.3, 0.4) is 0 Å². The Bertz CT molecular complexity index is 1370. The zero-order valence-corrected chi connectivity index (χ0v) is 40.5. The number of aliphatic hydroxyl groups is 2. The first-order valence-corrected chi connectivity index (χ1v) is 26.4. The van der Waals surface area contributed by atoms with Gasteiger partial charge in [-0.3, -0.25) is 14.5 Å². The monoisotopic (exact) mass is 900 g/mol. The maximum Gasteiger partial charge on any atom is 0.338 e. The number of carbonyl (C=O) groups excluding carboxylic acids is 3. The van der Waals surface area contributed by atoms with E-state index < -0.39 is 54.0 Å². The van der Waals surface area contributed by atoms with Crippen molar-refractivity contribution in [2.24, 2.45) is 11.8 Å². The molecular formula is C53H89NO10. The number of hydrogen-bond acceptors (Lipinski definition) is 10. The maximum absolute atomic E-state index is 13.7. The van der Waals surface area contributed by atoms with Crippen LogP contribution in [0, 0.1) is 11.8 Å². The van der Waals surface area contributed by atoms with Crippen LogP contribution in [0.4, 0.5) is 0 Å². The number of imide groups is 1. The third kappa shape index (κ3) is 17.7. The van der Waals surface area contributed by atoms with Gasteiger partial charge in [0.25, 0.3) is 0 Å². The molecule has 1 aromatic rings. The van der Waals surface area contributed by atoms with E-state index in [0.29, 0.717) is 37.1 Å². The fraction of sp³-hybridized carbons (Fsp3) is 0.830. The smallest absolute Gasteiger partial charge is 0.338 e. The van der Waals surface area contributed by atoms with Crippen molar-refractivity contribution in [2.45, 2.75) is 238 Å². The number of fused-ring (bicyclic) bond motifs is 5. The number of benzene rings is 1. The number of likely N-dealkylation sites (tertiary alicyclic amines) is 1. The maximum atomic E-state index is 13.7. The molecule has 11 heteroatoms. The Morgan fingerprint density at radius 2 is 0.828 bits per heavy atom. The van der Waals surface area contributed by atoms with Crippen LogP contribution in [0.25, 0.3) is 0 Å². The van der Waals surface area contributed by atoms with Gasteiger partial charge in [-0.15, -0.1) is 0 Å². The summed E-state index contributed by atoms with van der Waals surface area (Å²) < 4.78 is 30.7. The van der Waals surface area contributed by atoms with Crippen LogP contribution >= 0.6 is 0 Å². The van der Waals surface area contributed by atoms with Gasteiger partial charge in [-0.1, -0.05) is 194 Å². The molecule has 0 saturated carbocycles. The Balaban J connectivity index is 1.37. The molecule has 6 unspecified atom stereocenters. The second-order valence-corrected chi connectivity index (χ2v) is 19.0. The normalized spacial score (nSPS) is 21.2. The average Bonchev–Trinajstić information content (AvgIpc) is 3.91. The number of ether oxygens (including phenoxy) is 5. The van der Waals surface area contributed by atoms with Crippen LogP contribution in [0.5, 0.6) is 17.2 Å². The van der Waals surface area contributed by atoms with Crippen molar-refractivity contribution in [3.05, 3.63) is 17.7 Å². The molecule has 366 valence electrons. The van der Waals surface area contributed by atoms with E-state index in [4.69, 9.17) is 23.7 Å². The Morgan fingerprint density at radius 1 is 0.500 bits per heavy atom. The molecule has 64 heavy (non-hydrogen) atoms. The van der Waals surface area contributed by atoms with Gasteiger partial charge in [0.1, 0.15) is 18.8 Å². The first-order chi connectivity index (χ1) is 31.3. The molecule has 0 aromatic heterocycles. The van der Waals surface area contributed by atoms with Crippen molar-refractivity contribution >= 4 is 17.8 Å². The summed E-state index contributed by atoms with van der Waals surface area (Å²) >= 11 is 0. The number of hydrogen-bond donors (Lipinski definition) is 2. The van der Waals surface area contributed by atoms with Gasteiger partial charge in [0.15, 0.2) is 11.5 Å². The molecule has 11 nitrogen and oxygen atoms in total. The van der Waals surface area contributed by atoms with Crippen LogP contribution in [0.2, 0.25) is 0 Å². The summed E-state index contributed by atoms with van der Waals surface area (Å²) in [5, 5.41) is 20.6. The molecule has 0 spiro atoms. The van der Waals surface area contributed by atoms with Crippen molar-refractivity contribution in [1.29, 1.82) is 0 Å². The van der Waals surface area contributed by atoms with Crippen LogP contribution in [0.1, 0.15) is 224 Å². The molecule has 3 aliphatic rings. The lowest BCUT2D eigenvalue weighted by molar-refractivity contribution is -0.143. The Kier molecular flexibility index (Phi) is 26.8. The van der Waals surface area contributed by atoms with Gasteiger partial charge in [0.05, 0.1) is 56.0 Å². The van der Waals surface area contributed by atoms with Crippen molar-refractivity contribution in [3.63, 3.8) is 0 Å². The molecule has 3 aliphatic heterocycles. The second kappa shape index (κ2) is 31.9. The molecule has 0 aliphatic carbocycles. The molecule has 3 fully saturated rings. The second-order valence-electron chi connectivity index (χ2n) is 19.0. The van der Waals surface area contributed by atoms with Crippen LogP contribution in [-0.4, -0.2) is 90.3 Å².